The average Bonchev–Trinajstić information content (AvgIpc) is 2.77. The maximum atomic E-state index is 3.61. The third kappa shape index (κ3) is 2.63. The first-order valence-electron chi connectivity index (χ1n) is 6.38. The molecule has 0 saturated carbocycles. The maximum Gasteiger partial charge on any atom is 0.0212 e. The first-order chi connectivity index (χ1) is 7.83. The van der Waals surface area contributed by atoms with Crippen LogP contribution >= 0.6 is 0 Å². The van der Waals surface area contributed by atoms with Crippen LogP contribution in [0, 0.1) is 0 Å². The Balaban J connectivity index is 1.95. The van der Waals surface area contributed by atoms with E-state index in [0.29, 0.717) is 6.04 Å². The molecule has 1 heterocycles. The number of fused-ring (bicyclic) bond motifs is 1. The number of benzene rings is 1. The lowest BCUT2D eigenvalue weighted by molar-refractivity contribution is 0.484. The van der Waals surface area contributed by atoms with Crippen molar-refractivity contribution in [3.05, 3.63) is 34.9 Å². The molecule has 0 atom stereocenters. The molecule has 88 valence electrons. The molecule has 2 nitrogen and oxygen atoms in total. The molecule has 0 amide bonds. The zero-order valence-electron chi connectivity index (χ0n) is 10.3. The van der Waals surface area contributed by atoms with Crippen molar-refractivity contribution in [2.45, 2.75) is 52.4 Å². The maximum absolute atomic E-state index is 3.61. The Morgan fingerprint density at radius 3 is 2.69 bits per heavy atom. The van der Waals surface area contributed by atoms with Gasteiger partial charge in [-0.25, -0.2) is 0 Å². The molecule has 0 fully saturated rings. The van der Waals surface area contributed by atoms with Gasteiger partial charge < -0.3 is 10.6 Å². The lowest BCUT2D eigenvalue weighted by Gasteiger charge is -2.15. The molecule has 2 N–H and O–H groups in total. The number of nitrogens with one attached hydrogen (secondary N) is 2. The predicted molar refractivity (Wildman–Crippen MR) is 68.2 cm³/mol. The fraction of sp³-hybridized carbons (Fsp3) is 0.571. The van der Waals surface area contributed by atoms with E-state index in [1.165, 1.54) is 29.5 Å². The summed E-state index contributed by atoms with van der Waals surface area (Å²) in [6.45, 7) is 7.56. The van der Waals surface area contributed by atoms with E-state index in [1.807, 2.05) is 0 Å². The van der Waals surface area contributed by atoms with Crippen LogP contribution < -0.4 is 10.6 Å². The van der Waals surface area contributed by atoms with Gasteiger partial charge in [0, 0.05) is 25.7 Å². The monoisotopic (exact) mass is 218 g/mol. The molecular weight excluding hydrogens is 196 g/mol. The highest BCUT2D eigenvalue weighted by Crippen LogP contribution is 2.17. The van der Waals surface area contributed by atoms with Crippen LogP contribution in [0.15, 0.2) is 18.2 Å². The molecule has 0 aliphatic carbocycles. The fourth-order valence-corrected chi connectivity index (χ4v) is 2.30. The Bertz CT molecular complexity index is 343. The molecule has 1 aliphatic heterocycles. The van der Waals surface area contributed by atoms with Gasteiger partial charge in [0.25, 0.3) is 0 Å². The summed E-state index contributed by atoms with van der Waals surface area (Å²) in [5, 5.41) is 6.99. The van der Waals surface area contributed by atoms with E-state index in [-0.39, 0.29) is 0 Å². The summed E-state index contributed by atoms with van der Waals surface area (Å²) in [7, 11) is 0. The van der Waals surface area contributed by atoms with Crippen molar-refractivity contribution in [3.63, 3.8) is 0 Å². The molecule has 16 heavy (non-hydrogen) atoms. The Labute approximate surface area is 98.4 Å². The zero-order valence-corrected chi connectivity index (χ0v) is 10.3. The van der Waals surface area contributed by atoms with E-state index in [0.717, 1.165) is 19.6 Å². The molecule has 0 aromatic heterocycles. The second-order valence-electron chi connectivity index (χ2n) is 4.60. The molecule has 2 heteroatoms. The summed E-state index contributed by atoms with van der Waals surface area (Å²) < 4.78 is 0. The summed E-state index contributed by atoms with van der Waals surface area (Å²) >= 11 is 0. The van der Waals surface area contributed by atoms with Crippen molar-refractivity contribution >= 4 is 0 Å². The Morgan fingerprint density at radius 2 is 1.94 bits per heavy atom. The van der Waals surface area contributed by atoms with Gasteiger partial charge in [-0.3, -0.25) is 0 Å². The van der Waals surface area contributed by atoms with Crippen LogP contribution in [0.1, 0.15) is 43.4 Å². The van der Waals surface area contributed by atoms with Gasteiger partial charge in [-0.1, -0.05) is 32.0 Å². The largest absolute Gasteiger partial charge is 0.310 e. The van der Waals surface area contributed by atoms with Gasteiger partial charge in [0.1, 0.15) is 0 Å². The highest BCUT2D eigenvalue weighted by molar-refractivity contribution is 5.34. The van der Waals surface area contributed by atoms with Gasteiger partial charge in [-0.15, -0.1) is 0 Å². The van der Waals surface area contributed by atoms with Crippen molar-refractivity contribution in [3.8, 4) is 0 Å². The van der Waals surface area contributed by atoms with E-state index >= 15 is 0 Å². The lowest BCUT2D eigenvalue weighted by atomic mass is 10.1. The molecule has 1 aromatic carbocycles. The minimum atomic E-state index is 0.659. The van der Waals surface area contributed by atoms with Crippen LogP contribution in [0.3, 0.4) is 0 Å². The normalized spacial score (nSPS) is 14.4. The molecule has 0 saturated heterocycles. The molecular formula is C14H22N2. The number of hydrogen-bond acceptors (Lipinski definition) is 2. The molecule has 1 aromatic rings. The van der Waals surface area contributed by atoms with Gasteiger partial charge in [0.15, 0.2) is 0 Å². The van der Waals surface area contributed by atoms with Crippen LogP contribution in [0.5, 0.6) is 0 Å². The first-order valence-corrected chi connectivity index (χ1v) is 6.38. The molecule has 2 rings (SSSR count). The van der Waals surface area contributed by atoms with Gasteiger partial charge in [0.2, 0.25) is 0 Å². The summed E-state index contributed by atoms with van der Waals surface area (Å²) in [4.78, 5) is 0. The van der Waals surface area contributed by atoms with E-state index in [4.69, 9.17) is 0 Å². The Hall–Kier alpha value is -0.860. The summed E-state index contributed by atoms with van der Waals surface area (Å²) in [5.74, 6) is 0. The molecule has 0 bridgehead atoms. The van der Waals surface area contributed by atoms with Crippen molar-refractivity contribution in [1.29, 1.82) is 0 Å². The van der Waals surface area contributed by atoms with Crippen LogP contribution in [0.4, 0.5) is 0 Å². The van der Waals surface area contributed by atoms with E-state index in [9.17, 15) is 0 Å². The number of rotatable bonds is 5. The van der Waals surface area contributed by atoms with E-state index < -0.39 is 0 Å². The van der Waals surface area contributed by atoms with Gasteiger partial charge in [-0.2, -0.15) is 0 Å². The average molecular weight is 218 g/mol. The van der Waals surface area contributed by atoms with Crippen LogP contribution in [0.25, 0.3) is 0 Å². The SMILES string of the molecule is CCC(CC)NCc1ccc2c(c1)CNC2. The topological polar surface area (TPSA) is 24.1 Å². The zero-order chi connectivity index (χ0) is 11.4. The van der Waals surface area contributed by atoms with E-state index in [2.05, 4.69) is 42.7 Å². The van der Waals surface area contributed by atoms with Crippen molar-refractivity contribution in [1.82, 2.24) is 10.6 Å². The van der Waals surface area contributed by atoms with Crippen molar-refractivity contribution in [2.75, 3.05) is 0 Å². The number of hydrogen-bond donors (Lipinski definition) is 2. The van der Waals surface area contributed by atoms with E-state index in [1.54, 1.807) is 0 Å². The predicted octanol–water partition coefficient (Wildman–Crippen LogP) is 2.57. The van der Waals surface area contributed by atoms with Crippen LogP contribution in [0.2, 0.25) is 0 Å². The fourth-order valence-electron chi connectivity index (χ4n) is 2.30. The summed E-state index contributed by atoms with van der Waals surface area (Å²) in [6, 6.07) is 7.51. The third-order valence-electron chi connectivity index (χ3n) is 3.48. The highest BCUT2D eigenvalue weighted by atomic mass is 14.9. The first kappa shape index (κ1) is 11.6. The van der Waals surface area contributed by atoms with Crippen molar-refractivity contribution < 1.29 is 0 Å². The highest BCUT2D eigenvalue weighted by Gasteiger charge is 2.10. The van der Waals surface area contributed by atoms with Gasteiger partial charge >= 0.3 is 0 Å². The summed E-state index contributed by atoms with van der Waals surface area (Å²) in [6.07, 6.45) is 2.42. The standard InChI is InChI=1S/C14H22N2/c1-3-14(4-2)16-8-11-5-6-12-9-15-10-13(12)7-11/h5-7,14-16H,3-4,8-10H2,1-2H3. The molecule has 0 unspecified atom stereocenters. The van der Waals surface area contributed by atoms with Crippen LogP contribution in [-0.2, 0) is 19.6 Å². The van der Waals surface area contributed by atoms with Gasteiger partial charge in [0.05, 0.1) is 0 Å². The molecule has 1 aliphatic rings. The summed E-state index contributed by atoms with van der Waals surface area (Å²) in [5.41, 5.74) is 4.35. The van der Waals surface area contributed by atoms with Gasteiger partial charge in [-0.05, 0) is 29.5 Å². The minimum absolute atomic E-state index is 0.659. The minimum Gasteiger partial charge on any atom is -0.310 e. The van der Waals surface area contributed by atoms with Crippen molar-refractivity contribution in [2.24, 2.45) is 0 Å². The molecule has 0 radical (unpaired) electrons. The Kier molecular flexibility index (Phi) is 3.97. The second-order valence-corrected chi connectivity index (χ2v) is 4.60. The Morgan fingerprint density at radius 1 is 1.19 bits per heavy atom. The quantitative estimate of drug-likeness (QED) is 0.793. The second kappa shape index (κ2) is 5.46. The smallest absolute Gasteiger partial charge is 0.0212 e. The third-order valence-corrected chi connectivity index (χ3v) is 3.48. The van der Waals surface area contributed by atoms with Crippen LogP contribution in [-0.4, -0.2) is 6.04 Å². The molecule has 0 spiro atoms. The lowest BCUT2D eigenvalue weighted by Crippen LogP contribution is -2.27.